The van der Waals surface area contributed by atoms with Gasteiger partial charge in [0.15, 0.2) is 5.13 Å². The van der Waals surface area contributed by atoms with Gasteiger partial charge in [0.25, 0.3) is 0 Å². The molecule has 3 aromatic rings. The summed E-state index contributed by atoms with van der Waals surface area (Å²) in [7, 11) is 0. The van der Waals surface area contributed by atoms with Crippen molar-refractivity contribution in [1.82, 2.24) is 4.98 Å². The van der Waals surface area contributed by atoms with Gasteiger partial charge in [-0.1, -0.05) is 42.5 Å². The number of carbonyl (C=O) groups is 1. The third-order valence-corrected chi connectivity index (χ3v) is 4.50. The van der Waals surface area contributed by atoms with Crippen LogP contribution in [0, 0.1) is 0 Å². The van der Waals surface area contributed by atoms with Crippen molar-refractivity contribution < 1.29 is 4.79 Å². The van der Waals surface area contributed by atoms with Crippen LogP contribution < -0.4 is 5.32 Å². The lowest BCUT2D eigenvalue weighted by molar-refractivity contribution is -0.115. The van der Waals surface area contributed by atoms with Gasteiger partial charge in [-0.3, -0.25) is 4.79 Å². The summed E-state index contributed by atoms with van der Waals surface area (Å²) in [6.07, 6.45) is 2.60. The van der Waals surface area contributed by atoms with Gasteiger partial charge in [0.2, 0.25) is 5.91 Å². The highest BCUT2D eigenvalue weighted by molar-refractivity contribution is 7.15. The Labute approximate surface area is 138 Å². The van der Waals surface area contributed by atoms with Gasteiger partial charge in [-0.05, 0) is 23.3 Å². The van der Waals surface area contributed by atoms with E-state index in [2.05, 4.69) is 40.6 Å². The number of anilines is 1. The number of hydrogen-bond acceptors (Lipinski definition) is 3. The van der Waals surface area contributed by atoms with E-state index in [4.69, 9.17) is 11.6 Å². The SMILES string of the molecule is CC(Cl)C(=O)Nc1ncc(Cc2cccc3ccccc23)s1. The van der Waals surface area contributed by atoms with E-state index in [1.54, 1.807) is 13.1 Å². The molecular weight excluding hydrogens is 316 g/mol. The number of fused-ring (bicyclic) bond motifs is 1. The molecule has 0 radical (unpaired) electrons. The second-order valence-corrected chi connectivity index (χ2v) is 6.82. The van der Waals surface area contributed by atoms with E-state index >= 15 is 0 Å². The molecule has 1 aromatic heterocycles. The first-order valence-corrected chi connectivity index (χ1v) is 8.25. The van der Waals surface area contributed by atoms with Gasteiger partial charge in [-0.25, -0.2) is 4.98 Å². The second-order valence-electron chi connectivity index (χ2n) is 5.05. The minimum atomic E-state index is -0.564. The molecule has 1 atom stereocenters. The zero-order valence-electron chi connectivity index (χ0n) is 12.0. The molecule has 0 spiro atoms. The average Bonchev–Trinajstić information content (AvgIpc) is 2.94. The summed E-state index contributed by atoms with van der Waals surface area (Å²) >= 11 is 7.23. The smallest absolute Gasteiger partial charge is 0.243 e. The minimum Gasteiger partial charge on any atom is -0.301 e. The largest absolute Gasteiger partial charge is 0.301 e. The molecule has 0 fully saturated rings. The Morgan fingerprint density at radius 1 is 1.27 bits per heavy atom. The van der Waals surface area contributed by atoms with E-state index in [1.807, 2.05) is 12.1 Å². The zero-order valence-corrected chi connectivity index (χ0v) is 13.6. The Kier molecular flexibility index (Phi) is 4.41. The van der Waals surface area contributed by atoms with Gasteiger partial charge < -0.3 is 5.32 Å². The maximum Gasteiger partial charge on any atom is 0.243 e. The van der Waals surface area contributed by atoms with E-state index in [1.165, 1.54) is 27.7 Å². The Balaban J connectivity index is 1.81. The quantitative estimate of drug-likeness (QED) is 0.718. The van der Waals surface area contributed by atoms with E-state index in [0.717, 1.165) is 11.3 Å². The molecule has 1 unspecified atom stereocenters. The fraction of sp³-hybridized carbons (Fsp3) is 0.176. The molecular formula is C17H15ClN2OS. The summed E-state index contributed by atoms with van der Waals surface area (Å²) in [5.41, 5.74) is 1.25. The van der Waals surface area contributed by atoms with Gasteiger partial charge in [-0.15, -0.1) is 22.9 Å². The highest BCUT2D eigenvalue weighted by Crippen LogP contribution is 2.25. The molecule has 0 saturated carbocycles. The Hall–Kier alpha value is -1.91. The van der Waals surface area contributed by atoms with Crippen LogP contribution in [-0.4, -0.2) is 16.3 Å². The van der Waals surface area contributed by atoms with E-state index in [9.17, 15) is 4.79 Å². The number of benzene rings is 2. The molecule has 1 N–H and O–H groups in total. The molecule has 0 aliphatic rings. The molecule has 0 bridgehead atoms. The second kappa shape index (κ2) is 6.46. The molecule has 3 nitrogen and oxygen atoms in total. The predicted molar refractivity (Wildman–Crippen MR) is 92.8 cm³/mol. The van der Waals surface area contributed by atoms with Crippen molar-refractivity contribution in [3.8, 4) is 0 Å². The number of nitrogens with zero attached hydrogens (tertiary/aromatic N) is 1. The maximum absolute atomic E-state index is 11.6. The number of rotatable bonds is 4. The summed E-state index contributed by atoms with van der Waals surface area (Å²) in [5.74, 6) is -0.229. The standard InChI is InChI=1S/C17H15ClN2OS/c1-11(18)16(21)20-17-19-10-14(22-17)9-13-7-4-6-12-5-2-3-8-15(12)13/h2-8,10-11H,9H2,1H3,(H,19,20,21). The summed E-state index contributed by atoms with van der Waals surface area (Å²) < 4.78 is 0. The van der Waals surface area contributed by atoms with Gasteiger partial charge in [0.05, 0.1) is 0 Å². The summed E-state index contributed by atoms with van der Waals surface area (Å²) in [5, 5.41) is 5.23. The van der Waals surface area contributed by atoms with Gasteiger partial charge >= 0.3 is 0 Å². The van der Waals surface area contributed by atoms with Crippen LogP contribution >= 0.6 is 22.9 Å². The van der Waals surface area contributed by atoms with Gasteiger partial charge in [-0.2, -0.15) is 0 Å². The molecule has 1 heterocycles. The molecule has 0 aliphatic carbocycles. The first-order chi connectivity index (χ1) is 10.6. The number of carbonyl (C=O) groups excluding carboxylic acids is 1. The van der Waals surface area contributed by atoms with Gasteiger partial charge in [0, 0.05) is 17.5 Å². The van der Waals surface area contributed by atoms with Crippen molar-refractivity contribution in [3.05, 3.63) is 59.1 Å². The van der Waals surface area contributed by atoms with Gasteiger partial charge in [0.1, 0.15) is 5.38 Å². The Bertz CT molecular complexity index is 808. The van der Waals surface area contributed by atoms with Crippen LogP contribution in [0.4, 0.5) is 5.13 Å². The van der Waals surface area contributed by atoms with Crippen molar-refractivity contribution in [3.63, 3.8) is 0 Å². The number of halogens is 1. The summed E-state index contributed by atoms with van der Waals surface area (Å²) in [6.45, 7) is 1.64. The summed E-state index contributed by atoms with van der Waals surface area (Å²) in [6, 6.07) is 14.6. The van der Waals surface area contributed by atoms with E-state index < -0.39 is 5.38 Å². The van der Waals surface area contributed by atoms with Crippen molar-refractivity contribution in [2.45, 2.75) is 18.7 Å². The fourth-order valence-corrected chi connectivity index (χ4v) is 3.18. The van der Waals surface area contributed by atoms with Crippen LogP contribution in [0.25, 0.3) is 10.8 Å². The number of hydrogen-bond donors (Lipinski definition) is 1. The Morgan fingerprint density at radius 2 is 2.05 bits per heavy atom. The van der Waals surface area contributed by atoms with Crippen LogP contribution in [0.1, 0.15) is 17.4 Å². The third-order valence-electron chi connectivity index (χ3n) is 3.39. The van der Waals surface area contributed by atoms with Crippen LogP contribution in [0.5, 0.6) is 0 Å². The molecule has 0 aliphatic heterocycles. The molecule has 22 heavy (non-hydrogen) atoms. The molecule has 112 valence electrons. The fourth-order valence-electron chi connectivity index (χ4n) is 2.29. The minimum absolute atomic E-state index is 0.229. The van der Waals surface area contributed by atoms with Crippen LogP contribution in [0.2, 0.25) is 0 Å². The first kappa shape index (κ1) is 15.0. The normalized spacial score (nSPS) is 12.3. The number of thiazole rings is 1. The van der Waals surface area contributed by atoms with Crippen LogP contribution in [0.3, 0.4) is 0 Å². The lowest BCUT2D eigenvalue weighted by atomic mass is 10.0. The summed E-state index contributed by atoms with van der Waals surface area (Å²) in [4.78, 5) is 16.9. The topological polar surface area (TPSA) is 42.0 Å². The molecule has 3 rings (SSSR count). The third kappa shape index (κ3) is 3.29. The lowest BCUT2D eigenvalue weighted by Crippen LogP contribution is -2.19. The van der Waals surface area contributed by atoms with Crippen molar-refractivity contribution >= 4 is 44.7 Å². The number of alkyl halides is 1. The first-order valence-electron chi connectivity index (χ1n) is 7.00. The Morgan fingerprint density at radius 3 is 2.86 bits per heavy atom. The highest BCUT2D eigenvalue weighted by atomic mass is 35.5. The van der Waals surface area contributed by atoms with Crippen LogP contribution in [0.15, 0.2) is 48.7 Å². The number of amides is 1. The van der Waals surface area contributed by atoms with Crippen molar-refractivity contribution in [1.29, 1.82) is 0 Å². The molecule has 2 aromatic carbocycles. The zero-order chi connectivity index (χ0) is 15.5. The predicted octanol–water partition coefficient (Wildman–Crippen LogP) is 4.45. The molecule has 1 amide bonds. The average molecular weight is 331 g/mol. The lowest BCUT2D eigenvalue weighted by Gasteiger charge is -2.04. The molecule has 5 heteroatoms. The van der Waals surface area contributed by atoms with Crippen molar-refractivity contribution in [2.24, 2.45) is 0 Å². The highest BCUT2D eigenvalue weighted by Gasteiger charge is 2.12. The maximum atomic E-state index is 11.6. The number of aromatic nitrogens is 1. The van der Waals surface area contributed by atoms with Crippen molar-refractivity contribution in [2.75, 3.05) is 5.32 Å². The van der Waals surface area contributed by atoms with E-state index in [0.29, 0.717) is 5.13 Å². The van der Waals surface area contributed by atoms with Crippen LogP contribution in [-0.2, 0) is 11.2 Å². The van der Waals surface area contributed by atoms with E-state index in [-0.39, 0.29) is 5.91 Å². The monoisotopic (exact) mass is 330 g/mol. The number of nitrogens with one attached hydrogen (secondary N) is 1. The molecule has 0 saturated heterocycles.